The van der Waals surface area contributed by atoms with Crippen LogP contribution in [0.4, 0.5) is 0 Å². The SMILES string of the molecule is COc1ccc(CN(CC(=O)N[C@@H](C)c2ccc(Br)cc2)C2CC2)cc1. The first-order valence-electron chi connectivity index (χ1n) is 8.97. The van der Waals surface area contributed by atoms with E-state index in [0.717, 1.165) is 22.3 Å². The van der Waals surface area contributed by atoms with Crippen LogP contribution in [0, 0.1) is 0 Å². The van der Waals surface area contributed by atoms with Gasteiger partial charge in [-0.3, -0.25) is 9.69 Å². The van der Waals surface area contributed by atoms with Gasteiger partial charge in [0, 0.05) is 17.1 Å². The summed E-state index contributed by atoms with van der Waals surface area (Å²) in [7, 11) is 1.67. The van der Waals surface area contributed by atoms with Crippen LogP contribution in [0.2, 0.25) is 0 Å². The van der Waals surface area contributed by atoms with Crippen LogP contribution in [0.15, 0.2) is 53.0 Å². The van der Waals surface area contributed by atoms with Gasteiger partial charge in [0.1, 0.15) is 5.75 Å². The zero-order chi connectivity index (χ0) is 18.5. The van der Waals surface area contributed by atoms with Crippen molar-refractivity contribution in [3.05, 3.63) is 64.1 Å². The van der Waals surface area contributed by atoms with Gasteiger partial charge in [-0.15, -0.1) is 0 Å². The maximum atomic E-state index is 12.5. The zero-order valence-electron chi connectivity index (χ0n) is 15.2. The van der Waals surface area contributed by atoms with Crippen LogP contribution in [0.5, 0.6) is 5.75 Å². The second-order valence-electron chi connectivity index (χ2n) is 6.82. The third-order valence-electron chi connectivity index (χ3n) is 4.70. The second kappa shape index (κ2) is 8.69. The number of rotatable bonds is 8. The molecule has 0 radical (unpaired) electrons. The lowest BCUT2D eigenvalue weighted by atomic mass is 10.1. The van der Waals surface area contributed by atoms with Gasteiger partial charge in [0.2, 0.25) is 5.91 Å². The number of nitrogens with zero attached hydrogens (tertiary/aromatic N) is 1. The number of halogens is 1. The number of hydrogen-bond acceptors (Lipinski definition) is 3. The highest BCUT2D eigenvalue weighted by Gasteiger charge is 2.30. The molecule has 138 valence electrons. The molecule has 2 aromatic rings. The maximum absolute atomic E-state index is 12.5. The smallest absolute Gasteiger partial charge is 0.234 e. The molecule has 0 aromatic heterocycles. The van der Waals surface area contributed by atoms with Gasteiger partial charge in [-0.1, -0.05) is 40.2 Å². The summed E-state index contributed by atoms with van der Waals surface area (Å²) in [4.78, 5) is 14.8. The molecule has 0 unspecified atom stereocenters. The predicted octanol–water partition coefficient (Wildman–Crippen LogP) is 4.30. The number of carbonyl (C=O) groups is 1. The molecule has 1 saturated carbocycles. The first kappa shape index (κ1) is 18.9. The lowest BCUT2D eigenvalue weighted by Gasteiger charge is -2.23. The average molecular weight is 417 g/mol. The van der Waals surface area contributed by atoms with Gasteiger partial charge in [-0.05, 0) is 55.2 Å². The number of methoxy groups -OCH3 is 1. The lowest BCUT2D eigenvalue weighted by molar-refractivity contribution is -0.123. The van der Waals surface area contributed by atoms with Crippen LogP contribution < -0.4 is 10.1 Å². The molecule has 3 rings (SSSR count). The minimum atomic E-state index is -0.00219. The Kier molecular flexibility index (Phi) is 6.33. The second-order valence-corrected chi connectivity index (χ2v) is 7.74. The Bertz CT molecular complexity index is 727. The molecule has 4 nitrogen and oxygen atoms in total. The highest BCUT2D eigenvalue weighted by Crippen LogP contribution is 2.28. The van der Waals surface area contributed by atoms with Crippen molar-refractivity contribution in [1.29, 1.82) is 0 Å². The largest absolute Gasteiger partial charge is 0.497 e. The summed E-state index contributed by atoms with van der Waals surface area (Å²) in [6.07, 6.45) is 2.34. The van der Waals surface area contributed by atoms with Crippen molar-refractivity contribution in [3.63, 3.8) is 0 Å². The molecule has 0 bridgehead atoms. The molecule has 2 aromatic carbocycles. The fraction of sp³-hybridized carbons (Fsp3) is 0.381. The summed E-state index contributed by atoms with van der Waals surface area (Å²) in [6.45, 7) is 3.23. The third-order valence-corrected chi connectivity index (χ3v) is 5.23. The van der Waals surface area contributed by atoms with Crippen LogP contribution in [-0.2, 0) is 11.3 Å². The highest BCUT2D eigenvalue weighted by molar-refractivity contribution is 9.10. The molecule has 5 heteroatoms. The van der Waals surface area contributed by atoms with Gasteiger partial charge >= 0.3 is 0 Å². The first-order valence-corrected chi connectivity index (χ1v) is 9.76. The van der Waals surface area contributed by atoms with E-state index in [4.69, 9.17) is 4.74 Å². The number of nitrogens with one attached hydrogen (secondary N) is 1. The van der Waals surface area contributed by atoms with E-state index in [-0.39, 0.29) is 11.9 Å². The number of carbonyl (C=O) groups excluding carboxylic acids is 1. The van der Waals surface area contributed by atoms with Crippen molar-refractivity contribution in [3.8, 4) is 5.75 Å². The van der Waals surface area contributed by atoms with Crippen molar-refractivity contribution in [2.24, 2.45) is 0 Å². The summed E-state index contributed by atoms with van der Waals surface area (Å²) in [5.74, 6) is 0.925. The van der Waals surface area contributed by atoms with E-state index in [0.29, 0.717) is 12.6 Å². The normalized spacial score (nSPS) is 14.9. The predicted molar refractivity (Wildman–Crippen MR) is 107 cm³/mol. The van der Waals surface area contributed by atoms with Crippen LogP contribution in [0.25, 0.3) is 0 Å². The van der Waals surface area contributed by atoms with Gasteiger partial charge < -0.3 is 10.1 Å². The standard InChI is InChI=1S/C21H25BrN2O2/c1-15(17-5-7-18(22)8-6-17)23-21(25)14-24(19-9-10-19)13-16-3-11-20(26-2)12-4-16/h3-8,11-12,15,19H,9-10,13-14H2,1-2H3,(H,23,25)/t15-/m0/s1. The minimum absolute atomic E-state index is 0.00219. The number of amides is 1. The Balaban J connectivity index is 1.56. The molecule has 26 heavy (non-hydrogen) atoms. The average Bonchev–Trinajstić information content (AvgIpc) is 3.47. The molecule has 0 saturated heterocycles. The summed E-state index contributed by atoms with van der Waals surface area (Å²) in [6, 6.07) is 16.6. The van der Waals surface area contributed by atoms with Gasteiger partial charge in [-0.2, -0.15) is 0 Å². The quantitative estimate of drug-likeness (QED) is 0.697. The maximum Gasteiger partial charge on any atom is 0.234 e. The van der Waals surface area contributed by atoms with Crippen molar-refractivity contribution >= 4 is 21.8 Å². The van der Waals surface area contributed by atoms with Crippen molar-refractivity contribution in [1.82, 2.24) is 10.2 Å². The van der Waals surface area contributed by atoms with Crippen LogP contribution in [0.3, 0.4) is 0 Å². The Hall–Kier alpha value is -1.85. The van der Waals surface area contributed by atoms with E-state index >= 15 is 0 Å². The van der Waals surface area contributed by atoms with E-state index < -0.39 is 0 Å². The minimum Gasteiger partial charge on any atom is -0.497 e. The van der Waals surface area contributed by atoms with Gasteiger partial charge in [0.05, 0.1) is 19.7 Å². The Morgan fingerprint density at radius 2 is 1.85 bits per heavy atom. The molecule has 1 aliphatic rings. The summed E-state index contributed by atoms with van der Waals surface area (Å²) < 4.78 is 6.25. The van der Waals surface area contributed by atoms with E-state index in [1.807, 2.05) is 43.3 Å². The molecule has 1 aliphatic carbocycles. The van der Waals surface area contributed by atoms with Gasteiger partial charge in [0.15, 0.2) is 0 Å². The number of hydrogen-bond donors (Lipinski definition) is 1. The fourth-order valence-electron chi connectivity index (χ4n) is 3.03. The van der Waals surface area contributed by atoms with Crippen LogP contribution >= 0.6 is 15.9 Å². The molecular weight excluding hydrogens is 392 g/mol. The van der Waals surface area contributed by atoms with Crippen molar-refractivity contribution in [2.45, 2.75) is 38.4 Å². The summed E-state index contributed by atoms with van der Waals surface area (Å²) in [5.41, 5.74) is 2.31. The lowest BCUT2D eigenvalue weighted by Crippen LogP contribution is -2.39. The molecule has 0 spiro atoms. The summed E-state index contributed by atoms with van der Waals surface area (Å²) in [5, 5.41) is 3.12. The van der Waals surface area contributed by atoms with E-state index in [9.17, 15) is 4.79 Å². The summed E-state index contributed by atoms with van der Waals surface area (Å²) >= 11 is 3.44. The number of benzene rings is 2. The molecule has 0 heterocycles. The molecule has 0 aliphatic heterocycles. The van der Waals surface area contributed by atoms with E-state index in [1.54, 1.807) is 7.11 Å². The Labute approximate surface area is 163 Å². The number of ether oxygens (including phenoxy) is 1. The van der Waals surface area contributed by atoms with E-state index in [1.165, 1.54) is 18.4 Å². The Morgan fingerprint density at radius 1 is 1.19 bits per heavy atom. The Morgan fingerprint density at radius 3 is 2.42 bits per heavy atom. The van der Waals surface area contributed by atoms with E-state index in [2.05, 4.69) is 38.3 Å². The van der Waals surface area contributed by atoms with Crippen LogP contribution in [0.1, 0.15) is 36.9 Å². The molecule has 1 N–H and O–H groups in total. The topological polar surface area (TPSA) is 41.6 Å². The van der Waals surface area contributed by atoms with Crippen molar-refractivity contribution < 1.29 is 9.53 Å². The molecule has 1 atom stereocenters. The van der Waals surface area contributed by atoms with Gasteiger partial charge in [0.25, 0.3) is 0 Å². The van der Waals surface area contributed by atoms with Gasteiger partial charge in [-0.25, -0.2) is 0 Å². The zero-order valence-corrected chi connectivity index (χ0v) is 16.8. The first-order chi connectivity index (χ1) is 12.5. The monoisotopic (exact) mass is 416 g/mol. The molecule has 1 amide bonds. The van der Waals surface area contributed by atoms with Crippen molar-refractivity contribution in [2.75, 3.05) is 13.7 Å². The highest BCUT2D eigenvalue weighted by atomic mass is 79.9. The van der Waals surface area contributed by atoms with Crippen LogP contribution in [-0.4, -0.2) is 30.5 Å². The fourth-order valence-corrected chi connectivity index (χ4v) is 3.29. The molecule has 1 fully saturated rings. The third kappa shape index (κ3) is 5.32. The molecular formula is C21H25BrN2O2.